The van der Waals surface area contributed by atoms with Crippen molar-refractivity contribution in [1.82, 2.24) is 5.01 Å². The molecule has 1 aliphatic rings. The zero-order chi connectivity index (χ0) is 9.97. The summed E-state index contributed by atoms with van der Waals surface area (Å²) in [6.45, 7) is 4.21. The number of nitrogens with zero attached hydrogens (tertiary/aromatic N) is 2. The van der Waals surface area contributed by atoms with Crippen molar-refractivity contribution in [3.8, 4) is 5.75 Å². The first-order valence-corrected chi connectivity index (χ1v) is 4.74. The maximum atomic E-state index is 5.09. The van der Waals surface area contributed by atoms with Gasteiger partial charge >= 0.3 is 0 Å². The maximum absolute atomic E-state index is 5.09. The molecule has 3 nitrogen and oxygen atoms in total. The fourth-order valence-electron chi connectivity index (χ4n) is 1.25. The molecule has 0 aliphatic carbocycles. The summed E-state index contributed by atoms with van der Waals surface area (Å²) in [5, 5.41) is 6.46. The number of benzene rings is 1. The van der Waals surface area contributed by atoms with Gasteiger partial charge in [0.05, 0.1) is 25.9 Å². The summed E-state index contributed by atoms with van der Waals surface area (Å²) in [5.74, 6) is 0.883. The van der Waals surface area contributed by atoms with Crippen LogP contribution in [0.4, 0.5) is 0 Å². The molecule has 3 heteroatoms. The summed E-state index contributed by atoms with van der Waals surface area (Å²) in [5.41, 5.74) is 2.21. The number of hydrogen-bond donors (Lipinski definition) is 0. The lowest BCUT2D eigenvalue weighted by Crippen LogP contribution is -1.98. The minimum absolute atomic E-state index is 0.883. The Morgan fingerprint density at radius 2 is 1.93 bits per heavy atom. The highest BCUT2D eigenvalue weighted by Crippen LogP contribution is 2.13. The fraction of sp³-hybridized carbons (Fsp3) is 0.364. The van der Waals surface area contributed by atoms with Crippen LogP contribution in [0.3, 0.4) is 0 Å². The van der Waals surface area contributed by atoms with Gasteiger partial charge in [0, 0.05) is 0 Å². The van der Waals surface area contributed by atoms with Gasteiger partial charge in [0.15, 0.2) is 0 Å². The Morgan fingerprint density at radius 1 is 1.29 bits per heavy atom. The molecule has 0 atom stereocenters. The monoisotopic (exact) mass is 190 g/mol. The van der Waals surface area contributed by atoms with Crippen molar-refractivity contribution in [1.29, 1.82) is 0 Å². The first-order chi connectivity index (χ1) is 6.79. The van der Waals surface area contributed by atoms with E-state index in [2.05, 4.69) is 5.10 Å². The van der Waals surface area contributed by atoms with Crippen LogP contribution in [-0.4, -0.2) is 30.9 Å². The highest BCUT2D eigenvalue weighted by Gasteiger charge is 2.14. The summed E-state index contributed by atoms with van der Waals surface area (Å²) in [7, 11) is 1.67. The Kier molecular flexibility index (Phi) is 2.39. The van der Waals surface area contributed by atoms with E-state index in [9.17, 15) is 0 Å². The zero-order valence-electron chi connectivity index (χ0n) is 8.53. The third-order valence-corrected chi connectivity index (χ3v) is 2.22. The molecule has 14 heavy (non-hydrogen) atoms. The van der Waals surface area contributed by atoms with E-state index in [1.807, 2.05) is 36.2 Å². The molecular formula is C11H14N2O. The van der Waals surface area contributed by atoms with Crippen LogP contribution in [0.1, 0.15) is 12.5 Å². The van der Waals surface area contributed by atoms with E-state index in [1.54, 1.807) is 7.11 Å². The molecule has 0 aromatic heterocycles. The molecular weight excluding hydrogens is 176 g/mol. The van der Waals surface area contributed by atoms with Crippen molar-refractivity contribution in [2.45, 2.75) is 6.92 Å². The lowest BCUT2D eigenvalue weighted by Gasteiger charge is -2.03. The van der Waals surface area contributed by atoms with Crippen LogP contribution in [0, 0.1) is 0 Å². The molecule has 0 saturated carbocycles. The van der Waals surface area contributed by atoms with Gasteiger partial charge in [-0.15, -0.1) is 0 Å². The Hall–Kier alpha value is -1.51. The second-order valence-corrected chi connectivity index (χ2v) is 3.37. The average Bonchev–Trinajstić information content (AvgIpc) is 3.02. The maximum Gasteiger partial charge on any atom is 0.118 e. The van der Waals surface area contributed by atoms with Crippen LogP contribution in [0.25, 0.3) is 0 Å². The molecule has 1 aliphatic heterocycles. The Balaban J connectivity index is 2.15. The summed E-state index contributed by atoms with van der Waals surface area (Å²) >= 11 is 0. The van der Waals surface area contributed by atoms with Gasteiger partial charge in [-0.2, -0.15) is 5.10 Å². The lowest BCUT2D eigenvalue weighted by molar-refractivity contribution is 0.415. The van der Waals surface area contributed by atoms with Crippen molar-refractivity contribution in [3.63, 3.8) is 0 Å². The zero-order valence-corrected chi connectivity index (χ0v) is 8.53. The number of ether oxygens (including phenoxy) is 1. The molecule has 0 bridgehead atoms. The summed E-state index contributed by atoms with van der Waals surface area (Å²) in [6.07, 6.45) is 0. The van der Waals surface area contributed by atoms with E-state index in [0.29, 0.717) is 0 Å². The van der Waals surface area contributed by atoms with E-state index < -0.39 is 0 Å². The number of hydrogen-bond acceptors (Lipinski definition) is 3. The molecule has 0 spiro atoms. The fourth-order valence-corrected chi connectivity index (χ4v) is 1.25. The quantitative estimate of drug-likeness (QED) is 0.535. The number of rotatable bonds is 3. The topological polar surface area (TPSA) is 24.6 Å². The van der Waals surface area contributed by atoms with Crippen molar-refractivity contribution >= 4 is 5.71 Å². The lowest BCUT2D eigenvalue weighted by atomic mass is 10.1. The molecule has 1 saturated heterocycles. The smallest absolute Gasteiger partial charge is 0.118 e. The largest absolute Gasteiger partial charge is 0.497 e. The average molecular weight is 190 g/mol. The first-order valence-electron chi connectivity index (χ1n) is 4.74. The van der Waals surface area contributed by atoms with Crippen LogP contribution in [0.15, 0.2) is 29.4 Å². The number of methoxy groups -OCH3 is 1. The normalized spacial score (nSPS) is 15.6. The predicted molar refractivity (Wildman–Crippen MR) is 56.8 cm³/mol. The second-order valence-electron chi connectivity index (χ2n) is 3.37. The van der Waals surface area contributed by atoms with E-state index in [-0.39, 0.29) is 0 Å². The van der Waals surface area contributed by atoms with Gasteiger partial charge in [0.25, 0.3) is 0 Å². The van der Waals surface area contributed by atoms with Crippen molar-refractivity contribution in [3.05, 3.63) is 29.8 Å². The molecule has 1 aromatic carbocycles. The van der Waals surface area contributed by atoms with Gasteiger partial charge in [0.1, 0.15) is 5.75 Å². The molecule has 0 N–H and O–H groups in total. The molecule has 0 radical (unpaired) electrons. The molecule has 0 amide bonds. The molecule has 0 unspecified atom stereocenters. The Labute approximate surface area is 84.0 Å². The van der Waals surface area contributed by atoms with E-state index >= 15 is 0 Å². The minimum Gasteiger partial charge on any atom is -0.497 e. The van der Waals surface area contributed by atoms with Crippen molar-refractivity contribution in [2.24, 2.45) is 5.10 Å². The Bertz CT molecular complexity index is 339. The molecule has 1 fully saturated rings. The third kappa shape index (κ3) is 2.05. The van der Waals surface area contributed by atoms with Crippen LogP contribution in [0.5, 0.6) is 5.75 Å². The van der Waals surface area contributed by atoms with E-state index in [0.717, 1.165) is 30.1 Å². The van der Waals surface area contributed by atoms with Crippen molar-refractivity contribution < 1.29 is 4.74 Å². The van der Waals surface area contributed by atoms with Gasteiger partial charge in [-0.05, 0) is 36.8 Å². The van der Waals surface area contributed by atoms with Crippen LogP contribution < -0.4 is 4.74 Å². The van der Waals surface area contributed by atoms with E-state index in [4.69, 9.17) is 4.74 Å². The SMILES string of the molecule is COc1ccc(/C(C)=N/N2CC2)cc1. The van der Waals surface area contributed by atoms with Gasteiger partial charge in [-0.3, -0.25) is 5.01 Å². The molecule has 2 rings (SSSR count). The predicted octanol–water partition coefficient (Wildman–Crippen LogP) is 1.73. The summed E-state index contributed by atoms with van der Waals surface area (Å²) in [4.78, 5) is 0. The molecule has 1 heterocycles. The number of hydrazone groups is 1. The standard InChI is InChI=1S/C11H14N2O/c1-9(12-13-7-8-13)10-3-5-11(14-2)6-4-10/h3-6H,7-8H2,1-2H3/b12-9+. The van der Waals surface area contributed by atoms with Crippen LogP contribution >= 0.6 is 0 Å². The van der Waals surface area contributed by atoms with Crippen LogP contribution in [0.2, 0.25) is 0 Å². The Morgan fingerprint density at radius 3 is 2.43 bits per heavy atom. The molecule has 1 aromatic rings. The third-order valence-electron chi connectivity index (χ3n) is 2.22. The first kappa shape index (κ1) is 9.06. The highest BCUT2D eigenvalue weighted by molar-refractivity contribution is 5.98. The summed E-state index contributed by atoms with van der Waals surface area (Å²) < 4.78 is 5.09. The van der Waals surface area contributed by atoms with Crippen LogP contribution in [-0.2, 0) is 0 Å². The molecule has 74 valence electrons. The van der Waals surface area contributed by atoms with Gasteiger partial charge in [-0.1, -0.05) is 0 Å². The van der Waals surface area contributed by atoms with Gasteiger partial charge < -0.3 is 4.74 Å². The highest BCUT2D eigenvalue weighted by atomic mass is 16.5. The van der Waals surface area contributed by atoms with Gasteiger partial charge in [-0.25, -0.2) is 0 Å². The summed E-state index contributed by atoms with van der Waals surface area (Å²) in [6, 6.07) is 7.97. The minimum atomic E-state index is 0.883. The van der Waals surface area contributed by atoms with E-state index in [1.165, 1.54) is 0 Å². The van der Waals surface area contributed by atoms with Crippen molar-refractivity contribution in [2.75, 3.05) is 20.2 Å². The second kappa shape index (κ2) is 3.70. The van der Waals surface area contributed by atoms with Gasteiger partial charge in [0.2, 0.25) is 0 Å².